The SMILES string of the molecule is CC(C)(CCCCC(=O)CCCCC(C)(C)C1COC1=O)C1CC(=O)O1. The molecule has 0 aromatic heterocycles. The molecule has 2 atom stereocenters. The number of cyclic esters (lactones) is 2. The molecule has 2 rings (SSSR count). The van der Waals surface area contributed by atoms with Gasteiger partial charge in [0.25, 0.3) is 0 Å². The normalized spacial score (nSPS) is 22.9. The number of Topliss-reactive ketones (excluding diaryl/α,β-unsaturated/α-hetero) is 1. The van der Waals surface area contributed by atoms with Crippen LogP contribution >= 0.6 is 0 Å². The summed E-state index contributed by atoms with van der Waals surface area (Å²) in [6, 6.07) is 0. The zero-order valence-corrected chi connectivity index (χ0v) is 16.8. The second kappa shape index (κ2) is 8.53. The van der Waals surface area contributed by atoms with Crippen LogP contribution in [0, 0.1) is 16.7 Å². The highest BCUT2D eigenvalue weighted by Crippen LogP contribution is 2.38. The van der Waals surface area contributed by atoms with Crippen LogP contribution in [-0.4, -0.2) is 30.4 Å². The van der Waals surface area contributed by atoms with Crippen molar-refractivity contribution >= 4 is 17.7 Å². The molecule has 0 amide bonds. The average Bonchev–Trinajstić information content (AvgIpc) is 2.50. The van der Waals surface area contributed by atoms with Gasteiger partial charge in [0, 0.05) is 18.3 Å². The van der Waals surface area contributed by atoms with E-state index in [1.54, 1.807) is 0 Å². The molecule has 26 heavy (non-hydrogen) atoms. The summed E-state index contributed by atoms with van der Waals surface area (Å²) in [5.41, 5.74) is -0.0276. The Kier molecular flexibility index (Phi) is 6.86. The summed E-state index contributed by atoms with van der Waals surface area (Å²) in [7, 11) is 0. The smallest absolute Gasteiger partial charge is 0.312 e. The molecule has 2 aliphatic rings. The molecule has 148 valence electrons. The second-order valence-electron chi connectivity index (χ2n) is 9.30. The molecule has 2 saturated heterocycles. The second-order valence-corrected chi connectivity index (χ2v) is 9.30. The Labute approximate surface area is 157 Å². The van der Waals surface area contributed by atoms with Crippen LogP contribution in [0.1, 0.15) is 85.5 Å². The minimum absolute atomic E-state index is 0.00517. The Balaban J connectivity index is 1.51. The van der Waals surface area contributed by atoms with Crippen molar-refractivity contribution < 1.29 is 23.9 Å². The molecule has 0 aliphatic carbocycles. The lowest BCUT2D eigenvalue weighted by Gasteiger charge is -2.39. The molecule has 0 N–H and O–H groups in total. The van der Waals surface area contributed by atoms with Crippen LogP contribution < -0.4 is 0 Å². The van der Waals surface area contributed by atoms with Crippen molar-refractivity contribution in [2.24, 2.45) is 16.7 Å². The standard InChI is InChI=1S/C21H34O5/c1-20(2,16-14-25-19(16)24)11-7-5-9-15(22)10-6-8-12-21(3,4)17-13-18(23)26-17/h16-17H,5-14H2,1-4H3. The lowest BCUT2D eigenvalue weighted by atomic mass is 9.73. The maximum absolute atomic E-state index is 12.0. The Morgan fingerprint density at radius 3 is 1.92 bits per heavy atom. The van der Waals surface area contributed by atoms with Gasteiger partial charge in [0.15, 0.2) is 0 Å². The average molecular weight is 366 g/mol. The summed E-state index contributed by atoms with van der Waals surface area (Å²) in [4.78, 5) is 34.4. The first-order valence-electron chi connectivity index (χ1n) is 10.00. The van der Waals surface area contributed by atoms with Crippen molar-refractivity contribution in [3.05, 3.63) is 0 Å². The van der Waals surface area contributed by atoms with E-state index in [1.165, 1.54) is 0 Å². The fourth-order valence-corrected chi connectivity index (χ4v) is 3.78. The van der Waals surface area contributed by atoms with E-state index in [1.807, 2.05) is 0 Å². The van der Waals surface area contributed by atoms with Crippen LogP contribution in [-0.2, 0) is 23.9 Å². The molecule has 5 heteroatoms. The third kappa shape index (κ3) is 5.55. The maximum Gasteiger partial charge on any atom is 0.312 e. The molecule has 0 bridgehead atoms. The van der Waals surface area contributed by atoms with E-state index in [0.29, 0.717) is 31.7 Å². The van der Waals surface area contributed by atoms with Gasteiger partial charge in [-0.2, -0.15) is 0 Å². The highest BCUT2D eigenvalue weighted by molar-refractivity contribution is 5.78. The van der Waals surface area contributed by atoms with Gasteiger partial charge in [-0.1, -0.05) is 40.5 Å². The van der Waals surface area contributed by atoms with Crippen LogP contribution in [0.3, 0.4) is 0 Å². The Morgan fingerprint density at radius 1 is 0.962 bits per heavy atom. The Hall–Kier alpha value is -1.39. The van der Waals surface area contributed by atoms with Crippen molar-refractivity contribution in [2.75, 3.05) is 6.61 Å². The van der Waals surface area contributed by atoms with Crippen LogP contribution in [0.15, 0.2) is 0 Å². The number of ketones is 1. The number of hydrogen-bond acceptors (Lipinski definition) is 5. The van der Waals surface area contributed by atoms with Gasteiger partial charge in [0.1, 0.15) is 18.5 Å². The van der Waals surface area contributed by atoms with Crippen molar-refractivity contribution in [1.29, 1.82) is 0 Å². The minimum atomic E-state index is -0.101. The summed E-state index contributed by atoms with van der Waals surface area (Å²) in [5, 5.41) is 0. The van der Waals surface area contributed by atoms with Gasteiger partial charge in [-0.15, -0.1) is 0 Å². The zero-order valence-electron chi connectivity index (χ0n) is 16.8. The molecule has 0 spiro atoms. The number of esters is 2. The maximum atomic E-state index is 12.0. The molecule has 0 saturated carbocycles. The fourth-order valence-electron chi connectivity index (χ4n) is 3.78. The van der Waals surface area contributed by atoms with Gasteiger partial charge in [-0.05, 0) is 31.1 Å². The number of unbranched alkanes of at least 4 members (excludes halogenated alkanes) is 2. The van der Waals surface area contributed by atoms with E-state index in [4.69, 9.17) is 9.47 Å². The van der Waals surface area contributed by atoms with Gasteiger partial charge in [-0.3, -0.25) is 14.4 Å². The van der Waals surface area contributed by atoms with Crippen molar-refractivity contribution in [3.8, 4) is 0 Å². The molecule has 2 aliphatic heterocycles. The van der Waals surface area contributed by atoms with E-state index < -0.39 is 0 Å². The highest BCUT2D eigenvalue weighted by Gasteiger charge is 2.43. The van der Waals surface area contributed by atoms with E-state index >= 15 is 0 Å². The first-order chi connectivity index (χ1) is 12.1. The van der Waals surface area contributed by atoms with Gasteiger partial charge < -0.3 is 9.47 Å². The van der Waals surface area contributed by atoms with Crippen LogP contribution in [0.25, 0.3) is 0 Å². The van der Waals surface area contributed by atoms with Crippen LogP contribution in [0.2, 0.25) is 0 Å². The summed E-state index contributed by atoms with van der Waals surface area (Å²) >= 11 is 0. The summed E-state index contributed by atoms with van der Waals surface area (Å²) in [5.74, 6) is 0.177. The number of carbonyl (C=O) groups is 3. The quantitative estimate of drug-likeness (QED) is 0.382. The van der Waals surface area contributed by atoms with Crippen LogP contribution in [0.5, 0.6) is 0 Å². The van der Waals surface area contributed by atoms with Crippen LogP contribution in [0.4, 0.5) is 0 Å². The lowest BCUT2D eigenvalue weighted by Crippen LogP contribution is -2.44. The first kappa shape index (κ1) is 20.9. The number of carbonyl (C=O) groups excluding carboxylic acids is 3. The van der Waals surface area contributed by atoms with Gasteiger partial charge in [0.05, 0.1) is 12.3 Å². The minimum Gasteiger partial charge on any atom is -0.464 e. The zero-order chi connectivity index (χ0) is 19.4. The first-order valence-corrected chi connectivity index (χ1v) is 10.00. The Bertz CT molecular complexity index is 527. The monoisotopic (exact) mass is 366 g/mol. The number of rotatable bonds is 12. The van der Waals surface area contributed by atoms with E-state index in [0.717, 1.165) is 38.5 Å². The molecule has 0 radical (unpaired) electrons. The molecule has 0 aromatic rings. The highest BCUT2D eigenvalue weighted by atomic mass is 16.6. The lowest BCUT2D eigenvalue weighted by molar-refractivity contribution is -0.182. The molecule has 5 nitrogen and oxygen atoms in total. The fraction of sp³-hybridized carbons (Fsp3) is 0.857. The Morgan fingerprint density at radius 2 is 1.50 bits per heavy atom. The largest absolute Gasteiger partial charge is 0.464 e. The van der Waals surface area contributed by atoms with Crippen molar-refractivity contribution in [3.63, 3.8) is 0 Å². The van der Waals surface area contributed by atoms with Gasteiger partial charge >= 0.3 is 11.9 Å². The summed E-state index contributed by atoms with van der Waals surface area (Å²) in [6.45, 7) is 9.03. The van der Waals surface area contributed by atoms with Crippen molar-refractivity contribution in [1.82, 2.24) is 0 Å². The third-order valence-corrected chi connectivity index (χ3v) is 6.17. The van der Waals surface area contributed by atoms with Gasteiger partial charge in [0.2, 0.25) is 0 Å². The topological polar surface area (TPSA) is 69.7 Å². The molecule has 2 fully saturated rings. The van der Waals surface area contributed by atoms with E-state index in [-0.39, 0.29) is 34.8 Å². The molecular weight excluding hydrogens is 332 g/mol. The number of ether oxygens (including phenoxy) is 2. The molecular formula is C21H34O5. The predicted molar refractivity (Wildman–Crippen MR) is 98.5 cm³/mol. The summed E-state index contributed by atoms with van der Waals surface area (Å²) in [6.07, 6.45) is 7.54. The summed E-state index contributed by atoms with van der Waals surface area (Å²) < 4.78 is 10.0. The van der Waals surface area contributed by atoms with Crippen molar-refractivity contribution in [2.45, 2.75) is 91.6 Å². The molecule has 0 aromatic carbocycles. The predicted octanol–water partition coefficient (Wildman–Crippen LogP) is 4.22. The third-order valence-electron chi connectivity index (χ3n) is 6.17. The molecule has 2 unspecified atom stereocenters. The number of hydrogen-bond donors (Lipinski definition) is 0. The van der Waals surface area contributed by atoms with E-state index in [9.17, 15) is 14.4 Å². The van der Waals surface area contributed by atoms with Gasteiger partial charge in [-0.25, -0.2) is 0 Å². The molecule has 2 heterocycles. The van der Waals surface area contributed by atoms with E-state index in [2.05, 4.69) is 27.7 Å².